The second kappa shape index (κ2) is 9.69. The van der Waals surface area contributed by atoms with Gasteiger partial charge in [0.05, 0.1) is 12.1 Å². The Kier molecular flexibility index (Phi) is 6.31. The molecule has 0 aliphatic carbocycles. The third kappa shape index (κ3) is 4.29. The van der Waals surface area contributed by atoms with Gasteiger partial charge in [-0.25, -0.2) is 4.79 Å². The zero-order valence-electron chi connectivity index (χ0n) is 18.8. The molecule has 0 saturated heterocycles. The Morgan fingerprint density at radius 1 is 0.914 bits per heavy atom. The number of aromatic nitrogens is 1. The van der Waals surface area contributed by atoms with Crippen LogP contribution in [0.1, 0.15) is 0 Å². The topological polar surface area (TPSA) is 90.9 Å². The summed E-state index contributed by atoms with van der Waals surface area (Å²) in [6, 6.07) is 23.3. The zero-order chi connectivity index (χ0) is 24.4. The van der Waals surface area contributed by atoms with Crippen molar-refractivity contribution in [3.8, 4) is 17.2 Å². The Morgan fingerprint density at radius 2 is 1.63 bits per heavy atom. The van der Waals surface area contributed by atoms with E-state index in [-0.39, 0.29) is 15.9 Å². The maximum atomic E-state index is 13.7. The molecule has 2 heterocycles. The molecular weight excluding hydrogens is 466 g/mol. The third-order valence-electron chi connectivity index (χ3n) is 5.48. The minimum Gasteiger partial charge on any atom is -0.505 e. The van der Waals surface area contributed by atoms with E-state index in [1.54, 1.807) is 55.6 Å². The van der Waals surface area contributed by atoms with Crippen molar-refractivity contribution in [2.75, 3.05) is 20.3 Å². The van der Waals surface area contributed by atoms with Gasteiger partial charge in [0.2, 0.25) is 0 Å². The van der Waals surface area contributed by atoms with Crippen molar-refractivity contribution in [3.05, 3.63) is 99.6 Å². The highest BCUT2D eigenvalue weighted by Crippen LogP contribution is 2.37. The molecule has 5 rings (SSSR count). The van der Waals surface area contributed by atoms with Crippen molar-refractivity contribution in [2.24, 2.45) is 0 Å². The van der Waals surface area contributed by atoms with E-state index in [0.717, 1.165) is 11.8 Å². The van der Waals surface area contributed by atoms with E-state index in [9.17, 15) is 14.7 Å². The molecule has 0 aliphatic rings. The highest BCUT2D eigenvalue weighted by molar-refractivity contribution is 7.99. The van der Waals surface area contributed by atoms with E-state index in [1.165, 1.54) is 4.57 Å². The molecule has 0 fully saturated rings. The van der Waals surface area contributed by atoms with Gasteiger partial charge in [-0.1, -0.05) is 42.1 Å². The monoisotopic (exact) mass is 487 g/mol. The summed E-state index contributed by atoms with van der Waals surface area (Å²) < 4.78 is 17.7. The normalized spacial score (nSPS) is 11.2. The molecule has 0 spiro atoms. The predicted octanol–water partition coefficient (Wildman–Crippen LogP) is 4.98. The first-order chi connectivity index (χ1) is 17.1. The van der Waals surface area contributed by atoms with Gasteiger partial charge >= 0.3 is 5.63 Å². The molecule has 0 bridgehead atoms. The molecule has 0 unspecified atom stereocenters. The fraction of sp³-hybridized carbons (Fsp3) is 0.111. The first-order valence-electron chi connectivity index (χ1n) is 10.9. The van der Waals surface area contributed by atoms with Gasteiger partial charge in [-0.05, 0) is 48.5 Å². The Morgan fingerprint density at radius 3 is 2.37 bits per heavy atom. The lowest BCUT2D eigenvalue weighted by atomic mass is 10.1. The number of para-hydroxylation sites is 2. The Bertz CT molecular complexity index is 1620. The van der Waals surface area contributed by atoms with Crippen LogP contribution in [0.5, 0.6) is 11.5 Å². The molecule has 0 saturated carbocycles. The largest absolute Gasteiger partial charge is 0.505 e. The van der Waals surface area contributed by atoms with Crippen LogP contribution in [-0.4, -0.2) is 30.0 Å². The van der Waals surface area contributed by atoms with Gasteiger partial charge in [0, 0.05) is 23.1 Å². The molecule has 2 aromatic heterocycles. The van der Waals surface area contributed by atoms with Crippen molar-refractivity contribution in [1.29, 1.82) is 0 Å². The molecule has 0 atom stereocenters. The second-order valence-corrected chi connectivity index (χ2v) is 8.76. The van der Waals surface area contributed by atoms with E-state index in [1.807, 2.05) is 30.3 Å². The van der Waals surface area contributed by atoms with Gasteiger partial charge in [0.25, 0.3) is 5.56 Å². The van der Waals surface area contributed by atoms with Crippen LogP contribution in [0.25, 0.3) is 27.6 Å². The van der Waals surface area contributed by atoms with Crippen LogP contribution in [0.3, 0.4) is 0 Å². The van der Waals surface area contributed by atoms with Crippen LogP contribution in [0.4, 0.5) is 0 Å². The number of ether oxygens (including phenoxy) is 2. The standard InChI is InChI=1S/C27H21NO6S/c1-32-15-16-33-18-11-13-19(14-12-18)35-25-23(29)22-24(34-27(25)31)20-9-5-6-10-21(20)28(26(22)30)17-7-3-2-4-8-17/h2-14,29H,15-16H2,1H3. The fourth-order valence-electron chi connectivity index (χ4n) is 3.87. The van der Waals surface area contributed by atoms with Crippen LogP contribution in [0.2, 0.25) is 0 Å². The van der Waals surface area contributed by atoms with Gasteiger partial charge in [0.15, 0.2) is 11.3 Å². The summed E-state index contributed by atoms with van der Waals surface area (Å²) in [4.78, 5) is 27.2. The number of hydrogen-bond donors (Lipinski definition) is 1. The lowest BCUT2D eigenvalue weighted by Crippen LogP contribution is -2.20. The summed E-state index contributed by atoms with van der Waals surface area (Å²) >= 11 is 1.02. The summed E-state index contributed by atoms with van der Waals surface area (Å²) in [7, 11) is 1.60. The quantitative estimate of drug-likeness (QED) is 0.256. The Labute approximate surface area is 204 Å². The molecular formula is C27H21NO6S. The molecule has 7 nitrogen and oxygen atoms in total. The number of benzene rings is 3. The summed E-state index contributed by atoms with van der Waals surface area (Å²) in [5, 5.41) is 11.7. The molecule has 8 heteroatoms. The highest BCUT2D eigenvalue weighted by atomic mass is 32.2. The Hall–Kier alpha value is -4.01. The van der Waals surface area contributed by atoms with Gasteiger partial charge in [0.1, 0.15) is 22.6 Å². The van der Waals surface area contributed by atoms with E-state index >= 15 is 0 Å². The number of rotatable bonds is 7. The fourth-order valence-corrected chi connectivity index (χ4v) is 4.70. The van der Waals surface area contributed by atoms with E-state index in [0.29, 0.717) is 40.4 Å². The molecule has 176 valence electrons. The van der Waals surface area contributed by atoms with Crippen LogP contribution in [0.15, 0.2) is 103 Å². The van der Waals surface area contributed by atoms with Gasteiger partial charge in [-0.3, -0.25) is 9.36 Å². The average molecular weight is 488 g/mol. The van der Waals surface area contributed by atoms with Crippen molar-refractivity contribution in [2.45, 2.75) is 9.79 Å². The van der Waals surface area contributed by atoms with Gasteiger partial charge in [-0.15, -0.1) is 0 Å². The lowest BCUT2D eigenvalue weighted by molar-refractivity contribution is 0.146. The van der Waals surface area contributed by atoms with Crippen molar-refractivity contribution < 1.29 is 19.0 Å². The SMILES string of the molecule is COCCOc1ccc(Sc2c(O)c3c(=O)n(-c4ccccc4)c4ccccc4c3oc2=O)cc1. The number of pyridine rings is 1. The number of aromatic hydroxyl groups is 1. The average Bonchev–Trinajstić information content (AvgIpc) is 2.88. The predicted molar refractivity (Wildman–Crippen MR) is 135 cm³/mol. The van der Waals surface area contributed by atoms with Crippen molar-refractivity contribution in [1.82, 2.24) is 4.57 Å². The van der Waals surface area contributed by atoms with Crippen molar-refractivity contribution >= 4 is 33.6 Å². The van der Waals surface area contributed by atoms with Crippen LogP contribution >= 0.6 is 11.8 Å². The van der Waals surface area contributed by atoms with Crippen molar-refractivity contribution in [3.63, 3.8) is 0 Å². The number of fused-ring (bicyclic) bond motifs is 3. The molecule has 0 aliphatic heterocycles. The summed E-state index contributed by atoms with van der Waals surface area (Å²) in [6.45, 7) is 0.886. The first-order valence-corrected chi connectivity index (χ1v) is 11.7. The summed E-state index contributed by atoms with van der Waals surface area (Å²) in [6.07, 6.45) is 0. The maximum Gasteiger partial charge on any atom is 0.354 e. The molecule has 1 N–H and O–H groups in total. The summed E-state index contributed by atoms with van der Waals surface area (Å²) in [5.74, 6) is 0.250. The van der Waals surface area contributed by atoms with Gasteiger partial charge in [-0.2, -0.15) is 0 Å². The minimum atomic E-state index is -0.720. The number of hydrogen-bond acceptors (Lipinski definition) is 7. The zero-order valence-corrected chi connectivity index (χ0v) is 19.6. The van der Waals surface area contributed by atoms with Crippen LogP contribution in [-0.2, 0) is 4.74 Å². The van der Waals surface area contributed by atoms with E-state index in [2.05, 4.69) is 0 Å². The Balaban J connectivity index is 1.65. The van der Waals surface area contributed by atoms with Gasteiger partial charge < -0.3 is 19.0 Å². The number of methoxy groups -OCH3 is 1. The van der Waals surface area contributed by atoms with E-state index < -0.39 is 16.9 Å². The van der Waals surface area contributed by atoms with Crippen LogP contribution < -0.4 is 15.9 Å². The maximum absolute atomic E-state index is 13.7. The molecule has 0 radical (unpaired) electrons. The highest BCUT2D eigenvalue weighted by Gasteiger charge is 2.22. The number of nitrogens with zero attached hydrogens (tertiary/aromatic N) is 1. The first kappa shape index (κ1) is 22.8. The summed E-state index contributed by atoms with van der Waals surface area (Å²) in [5.41, 5.74) is 0.0755. The molecule has 0 amide bonds. The lowest BCUT2D eigenvalue weighted by Gasteiger charge is -2.14. The van der Waals surface area contributed by atoms with E-state index in [4.69, 9.17) is 13.9 Å². The third-order valence-corrected chi connectivity index (χ3v) is 6.55. The molecule has 3 aromatic carbocycles. The second-order valence-electron chi connectivity index (χ2n) is 7.68. The molecule has 35 heavy (non-hydrogen) atoms. The van der Waals surface area contributed by atoms with Crippen LogP contribution in [0, 0.1) is 0 Å². The minimum absolute atomic E-state index is 0.0471. The smallest absolute Gasteiger partial charge is 0.354 e. The molecule has 5 aromatic rings.